The molecule has 1 aromatic rings. The van der Waals surface area contributed by atoms with Gasteiger partial charge in [0.05, 0.1) is 0 Å². The van der Waals surface area contributed by atoms with Crippen molar-refractivity contribution in [2.75, 3.05) is 0 Å². The van der Waals surface area contributed by atoms with Crippen LogP contribution in [0.3, 0.4) is 0 Å². The zero-order chi connectivity index (χ0) is 11.9. The van der Waals surface area contributed by atoms with Crippen molar-refractivity contribution in [3.05, 3.63) is 59.8 Å². The van der Waals surface area contributed by atoms with Crippen molar-refractivity contribution in [2.45, 2.75) is 19.5 Å². The second-order valence-electron chi connectivity index (χ2n) is 4.55. The van der Waals surface area contributed by atoms with E-state index < -0.39 is 0 Å². The molecular formula is C14H15N3. The van der Waals surface area contributed by atoms with Crippen LogP contribution in [0.1, 0.15) is 19.4 Å². The van der Waals surface area contributed by atoms with Crippen LogP contribution in [0.2, 0.25) is 0 Å². The highest BCUT2D eigenvalue weighted by molar-refractivity contribution is 6.00. The van der Waals surface area contributed by atoms with Crippen LogP contribution in [0.15, 0.2) is 59.2 Å². The highest BCUT2D eigenvalue weighted by Gasteiger charge is 2.36. The monoisotopic (exact) mass is 225 g/mol. The average molecular weight is 225 g/mol. The first-order chi connectivity index (χ1) is 8.19. The topological polar surface area (TPSA) is 27.6 Å². The number of hydrazine groups is 1. The Bertz CT molecular complexity index is 528. The average Bonchev–Trinajstić information content (AvgIpc) is 2.70. The minimum Gasteiger partial charge on any atom is -0.265 e. The van der Waals surface area contributed by atoms with Gasteiger partial charge in [-0.15, -0.1) is 0 Å². The van der Waals surface area contributed by atoms with Crippen LogP contribution in [0, 0.1) is 0 Å². The van der Waals surface area contributed by atoms with Crippen molar-refractivity contribution >= 4 is 5.84 Å². The van der Waals surface area contributed by atoms with Gasteiger partial charge in [-0.2, -0.15) is 5.43 Å². The molecule has 0 saturated carbocycles. The maximum absolute atomic E-state index is 4.81. The summed E-state index contributed by atoms with van der Waals surface area (Å²) >= 11 is 0. The minimum atomic E-state index is -0.375. The number of amidine groups is 1. The first-order valence-electron chi connectivity index (χ1n) is 5.77. The quantitative estimate of drug-likeness (QED) is 0.795. The molecule has 3 heteroatoms. The normalized spacial score (nSPS) is 26.6. The van der Waals surface area contributed by atoms with E-state index >= 15 is 0 Å². The predicted octanol–water partition coefficient (Wildman–Crippen LogP) is 2.55. The molecular weight excluding hydrogens is 210 g/mol. The molecule has 0 amide bonds. The molecule has 0 spiro atoms. The number of fused-ring (bicyclic) bond motifs is 1. The third kappa shape index (κ3) is 1.59. The Hall–Kier alpha value is -1.87. The summed E-state index contributed by atoms with van der Waals surface area (Å²) in [5.74, 6) is 0.999. The Kier molecular flexibility index (Phi) is 2.16. The Morgan fingerprint density at radius 2 is 2.00 bits per heavy atom. The molecule has 0 aromatic heterocycles. The minimum absolute atomic E-state index is 0.375. The Morgan fingerprint density at radius 3 is 2.71 bits per heavy atom. The molecule has 1 N–H and O–H groups in total. The van der Waals surface area contributed by atoms with Gasteiger partial charge in [-0.3, -0.25) is 5.01 Å². The lowest BCUT2D eigenvalue weighted by molar-refractivity contribution is 0.288. The lowest BCUT2D eigenvalue weighted by Gasteiger charge is -2.25. The Labute approximate surface area is 101 Å². The van der Waals surface area contributed by atoms with Crippen LogP contribution < -0.4 is 5.43 Å². The standard InChI is InChI=1S/C14H15N3/c1-11-7-6-10-17-13(11)15-14(2,16-17)12-8-4-3-5-9-12/h3-10,16H,1-2H3. The lowest BCUT2D eigenvalue weighted by Crippen LogP contribution is -2.42. The summed E-state index contributed by atoms with van der Waals surface area (Å²) in [7, 11) is 0. The SMILES string of the molecule is CC1=CC=CN2NC(C)(c3ccccc3)N=C12. The second kappa shape index (κ2) is 3.57. The fraction of sp³-hybridized carbons (Fsp3) is 0.214. The molecule has 0 bridgehead atoms. The summed E-state index contributed by atoms with van der Waals surface area (Å²) in [4.78, 5) is 4.81. The molecule has 3 nitrogen and oxygen atoms in total. The van der Waals surface area contributed by atoms with Gasteiger partial charge >= 0.3 is 0 Å². The van der Waals surface area contributed by atoms with Gasteiger partial charge in [-0.05, 0) is 31.1 Å². The summed E-state index contributed by atoms with van der Waals surface area (Å²) in [6, 6.07) is 10.3. The first-order valence-corrected chi connectivity index (χ1v) is 5.77. The third-order valence-electron chi connectivity index (χ3n) is 3.17. The smallest absolute Gasteiger partial charge is 0.152 e. The van der Waals surface area contributed by atoms with E-state index in [0.717, 1.165) is 5.84 Å². The Balaban J connectivity index is 2.03. The number of nitrogens with one attached hydrogen (secondary N) is 1. The van der Waals surface area contributed by atoms with E-state index in [0.29, 0.717) is 0 Å². The molecule has 1 aromatic carbocycles. The van der Waals surface area contributed by atoms with Gasteiger partial charge in [-0.1, -0.05) is 36.4 Å². The van der Waals surface area contributed by atoms with Crippen LogP contribution in [0.4, 0.5) is 0 Å². The van der Waals surface area contributed by atoms with Gasteiger partial charge in [-0.25, -0.2) is 4.99 Å². The molecule has 0 saturated heterocycles. The van der Waals surface area contributed by atoms with Gasteiger partial charge < -0.3 is 0 Å². The number of hydrogen-bond acceptors (Lipinski definition) is 3. The van der Waals surface area contributed by atoms with E-state index in [1.54, 1.807) is 0 Å². The number of allylic oxidation sites excluding steroid dienone is 2. The van der Waals surface area contributed by atoms with Crippen LogP contribution in [-0.4, -0.2) is 10.8 Å². The van der Waals surface area contributed by atoms with Gasteiger partial charge in [0, 0.05) is 6.20 Å². The van der Waals surface area contributed by atoms with Crippen LogP contribution in [0.25, 0.3) is 0 Å². The van der Waals surface area contributed by atoms with Gasteiger partial charge in [0.2, 0.25) is 0 Å². The summed E-state index contributed by atoms with van der Waals surface area (Å²) in [5, 5.41) is 1.99. The lowest BCUT2D eigenvalue weighted by atomic mass is 10.0. The maximum atomic E-state index is 4.81. The number of benzene rings is 1. The van der Waals surface area contributed by atoms with E-state index in [9.17, 15) is 0 Å². The van der Waals surface area contributed by atoms with Crippen LogP contribution >= 0.6 is 0 Å². The molecule has 17 heavy (non-hydrogen) atoms. The number of hydrogen-bond donors (Lipinski definition) is 1. The van der Waals surface area contributed by atoms with Crippen molar-refractivity contribution in [1.29, 1.82) is 0 Å². The molecule has 0 fully saturated rings. The van der Waals surface area contributed by atoms with Crippen LogP contribution in [-0.2, 0) is 5.66 Å². The van der Waals surface area contributed by atoms with Gasteiger partial charge in [0.25, 0.3) is 0 Å². The number of nitrogens with zero attached hydrogens (tertiary/aromatic N) is 2. The zero-order valence-electron chi connectivity index (χ0n) is 10.0. The molecule has 1 atom stereocenters. The number of aliphatic imine (C=N–C) groups is 1. The summed E-state index contributed by atoms with van der Waals surface area (Å²) in [6.07, 6.45) is 6.10. The van der Waals surface area contributed by atoms with Crippen molar-refractivity contribution in [3.63, 3.8) is 0 Å². The highest BCUT2D eigenvalue weighted by atomic mass is 15.6. The summed E-state index contributed by atoms with van der Waals surface area (Å²) in [5.41, 5.74) is 5.39. The van der Waals surface area contributed by atoms with Crippen LogP contribution in [0.5, 0.6) is 0 Å². The van der Waals surface area contributed by atoms with Gasteiger partial charge in [0.15, 0.2) is 5.66 Å². The maximum Gasteiger partial charge on any atom is 0.152 e. The van der Waals surface area contributed by atoms with Gasteiger partial charge in [0.1, 0.15) is 5.84 Å². The largest absolute Gasteiger partial charge is 0.265 e. The summed E-state index contributed by atoms with van der Waals surface area (Å²) in [6.45, 7) is 4.17. The highest BCUT2D eigenvalue weighted by Crippen LogP contribution is 2.30. The molecule has 0 radical (unpaired) electrons. The zero-order valence-corrected chi connectivity index (χ0v) is 10.0. The molecule has 86 valence electrons. The predicted molar refractivity (Wildman–Crippen MR) is 69.1 cm³/mol. The van der Waals surface area contributed by atoms with Crippen molar-refractivity contribution in [2.24, 2.45) is 4.99 Å². The van der Waals surface area contributed by atoms with E-state index in [-0.39, 0.29) is 5.66 Å². The fourth-order valence-corrected chi connectivity index (χ4v) is 2.20. The molecule has 1 unspecified atom stereocenters. The molecule has 2 heterocycles. The third-order valence-corrected chi connectivity index (χ3v) is 3.17. The van der Waals surface area contributed by atoms with E-state index in [4.69, 9.17) is 4.99 Å². The van der Waals surface area contributed by atoms with Crippen molar-refractivity contribution < 1.29 is 0 Å². The van der Waals surface area contributed by atoms with E-state index in [2.05, 4.69) is 37.5 Å². The number of rotatable bonds is 1. The second-order valence-corrected chi connectivity index (χ2v) is 4.55. The Morgan fingerprint density at radius 1 is 1.24 bits per heavy atom. The summed E-state index contributed by atoms with van der Waals surface area (Å²) < 4.78 is 0. The van der Waals surface area contributed by atoms with E-state index in [1.165, 1.54) is 11.1 Å². The van der Waals surface area contributed by atoms with Crippen molar-refractivity contribution in [1.82, 2.24) is 10.4 Å². The molecule has 2 aliphatic heterocycles. The molecule has 2 aliphatic rings. The first kappa shape index (κ1) is 10.3. The fourth-order valence-electron chi connectivity index (χ4n) is 2.20. The molecule has 0 aliphatic carbocycles. The van der Waals surface area contributed by atoms with E-state index in [1.807, 2.05) is 35.5 Å². The molecule has 3 rings (SSSR count). The van der Waals surface area contributed by atoms with Crippen molar-refractivity contribution in [3.8, 4) is 0 Å².